The van der Waals surface area contributed by atoms with E-state index in [0.29, 0.717) is 0 Å². The molecule has 0 fully saturated rings. The summed E-state index contributed by atoms with van der Waals surface area (Å²) in [5, 5.41) is -0.146. The van der Waals surface area contributed by atoms with Crippen molar-refractivity contribution in [2.45, 2.75) is 6.36 Å². The van der Waals surface area contributed by atoms with Crippen LogP contribution in [-0.4, -0.2) is 16.3 Å². The lowest BCUT2D eigenvalue weighted by atomic mass is 10.3. The van der Waals surface area contributed by atoms with Crippen molar-refractivity contribution in [1.29, 1.82) is 0 Å². The van der Waals surface area contributed by atoms with E-state index in [4.69, 9.17) is 11.6 Å². The third-order valence-corrected chi connectivity index (χ3v) is 1.93. The number of benzene rings is 1. The summed E-state index contributed by atoms with van der Waals surface area (Å²) in [6, 6.07) is 2.05. The van der Waals surface area contributed by atoms with Crippen LogP contribution >= 0.6 is 11.6 Å². The summed E-state index contributed by atoms with van der Waals surface area (Å²) >= 11 is 5.45. The molecule has 0 unspecified atom stereocenters. The van der Waals surface area contributed by atoms with Crippen molar-refractivity contribution in [2.75, 3.05) is 0 Å². The van der Waals surface area contributed by atoms with Gasteiger partial charge in [0.2, 0.25) is 5.28 Å². The lowest BCUT2D eigenvalue weighted by molar-refractivity contribution is -0.275. The van der Waals surface area contributed by atoms with Crippen LogP contribution in [0.25, 0.3) is 11.0 Å². The van der Waals surface area contributed by atoms with Crippen LogP contribution in [0, 0.1) is 5.82 Å². The molecule has 0 saturated carbocycles. The van der Waals surface area contributed by atoms with Crippen molar-refractivity contribution in [3.8, 4) is 5.75 Å². The van der Waals surface area contributed by atoms with Crippen molar-refractivity contribution < 1.29 is 22.3 Å². The second kappa shape index (κ2) is 3.51. The molecule has 0 aliphatic rings. The molecular weight excluding hydrogens is 252 g/mol. The number of halogens is 5. The zero-order valence-corrected chi connectivity index (χ0v) is 8.16. The minimum absolute atomic E-state index is 0.146. The van der Waals surface area contributed by atoms with E-state index in [0.717, 1.165) is 6.07 Å². The first kappa shape index (κ1) is 11.0. The maximum Gasteiger partial charge on any atom is 0.573 e. The average Bonchev–Trinajstić information content (AvgIpc) is 2.50. The van der Waals surface area contributed by atoms with Crippen LogP contribution in [0.15, 0.2) is 12.1 Å². The van der Waals surface area contributed by atoms with Gasteiger partial charge >= 0.3 is 6.36 Å². The molecule has 0 amide bonds. The smallest absolute Gasteiger partial charge is 0.400 e. The molecule has 2 rings (SSSR count). The predicted molar refractivity (Wildman–Crippen MR) is 47.7 cm³/mol. The van der Waals surface area contributed by atoms with Crippen LogP contribution in [-0.2, 0) is 0 Å². The Hall–Kier alpha value is -1.50. The van der Waals surface area contributed by atoms with Crippen molar-refractivity contribution in [3.05, 3.63) is 23.2 Å². The van der Waals surface area contributed by atoms with Crippen LogP contribution in [0.4, 0.5) is 17.6 Å². The molecule has 1 heterocycles. The zero-order chi connectivity index (χ0) is 11.9. The largest absolute Gasteiger partial charge is 0.573 e. The third kappa shape index (κ3) is 2.04. The molecule has 86 valence electrons. The Morgan fingerprint density at radius 2 is 2.00 bits per heavy atom. The summed E-state index contributed by atoms with van der Waals surface area (Å²) in [4.78, 5) is 5.96. The highest BCUT2D eigenvalue weighted by Crippen LogP contribution is 2.32. The quantitative estimate of drug-likeness (QED) is 0.793. The molecule has 8 heteroatoms. The summed E-state index contributed by atoms with van der Waals surface area (Å²) < 4.78 is 52.7. The monoisotopic (exact) mass is 254 g/mol. The number of ether oxygens (including phenoxy) is 1. The number of aromatic amines is 1. The Labute approximate surface area is 91.0 Å². The number of imidazole rings is 1. The fraction of sp³-hybridized carbons (Fsp3) is 0.125. The van der Waals surface area contributed by atoms with E-state index in [1.807, 2.05) is 0 Å². The minimum atomic E-state index is -4.99. The number of alkyl halides is 3. The van der Waals surface area contributed by atoms with E-state index in [1.165, 1.54) is 6.07 Å². The number of nitrogens with one attached hydrogen (secondary N) is 1. The first-order chi connectivity index (χ1) is 7.37. The van der Waals surface area contributed by atoms with Gasteiger partial charge in [0.25, 0.3) is 0 Å². The number of rotatable bonds is 1. The lowest BCUT2D eigenvalue weighted by Crippen LogP contribution is -2.18. The molecule has 0 saturated heterocycles. The van der Waals surface area contributed by atoms with Gasteiger partial charge in [-0.2, -0.15) is 0 Å². The maximum absolute atomic E-state index is 13.1. The van der Waals surface area contributed by atoms with E-state index in [2.05, 4.69) is 14.7 Å². The molecule has 0 aliphatic heterocycles. The Kier molecular flexibility index (Phi) is 2.42. The second-order valence-electron chi connectivity index (χ2n) is 2.85. The van der Waals surface area contributed by atoms with E-state index in [9.17, 15) is 17.6 Å². The molecule has 16 heavy (non-hydrogen) atoms. The topological polar surface area (TPSA) is 37.9 Å². The Morgan fingerprint density at radius 1 is 1.31 bits per heavy atom. The molecule has 0 radical (unpaired) electrons. The normalized spacial score (nSPS) is 12.1. The minimum Gasteiger partial charge on any atom is -0.400 e. The van der Waals surface area contributed by atoms with Crippen LogP contribution in [0.1, 0.15) is 0 Å². The highest BCUT2D eigenvalue weighted by atomic mass is 35.5. The van der Waals surface area contributed by atoms with Crippen molar-refractivity contribution in [3.63, 3.8) is 0 Å². The average molecular weight is 255 g/mol. The van der Waals surface area contributed by atoms with Gasteiger partial charge in [-0.25, -0.2) is 9.37 Å². The summed E-state index contributed by atoms with van der Waals surface area (Å²) in [7, 11) is 0. The summed E-state index contributed by atoms with van der Waals surface area (Å²) in [6.07, 6.45) is -4.99. The van der Waals surface area contributed by atoms with Crippen LogP contribution < -0.4 is 4.74 Å². The molecule has 1 aromatic heterocycles. The zero-order valence-electron chi connectivity index (χ0n) is 7.40. The molecule has 0 bridgehead atoms. The molecule has 1 aromatic carbocycles. The highest BCUT2D eigenvalue weighted by molar-refractivity contribution is 6.29. The second-order valence-corrected chi connectivity index (χ2v) is 3.21. The molecular formula is C8H3ClF4N2O. The van der Waals surface area contributed by atoms with Crippen molar-refractivity contribution in [1.82, 2.24) is 9.97 Å². The Balaban J connectivity index is 2.61. The van der Waals surface area contributed by atoms with Crippen molar-refractivity contribution in [2.24, 2.45) is 0 Å². The molecule has 2 aromatic rings. The van der Waals surface area contributed by atoms with Gasteiger partial charge in [0.05, 0.1) is 5.52 Å². The van der Waals surface area contributed by atoms with Crippen LogP contribution in [0.2, 0.25) is 5.28 Å². The summed E-state index contributed by atoms with van der Waals surface area (Å²) in [5.41, 5.74) is -0.145. The van der Waals surface area contributed by atoms with Gasteiger partial charge in [0.15, 0.2) is 11.6 Å². The first-order valence-corrected chi connectivity index (χ1v) is 4.34. The van der Waals surface area contributed by atoms with E-state index >= 15 is 0 Å². The molecule has 0 atom stereocenters. The van der Waals surface area contributed by atoms with Gasteiger partial charge in [-0.3, -0.25) is 0 Å². The number of aromatic nitrogens is 2. The SMILES string of the molecule is Fc1ccc2[nH]c(Cl)nc2c1OC(F)(F)F. The van der Waals surface area contributed by atoms with Gasteiger partial charge in [-0.05, 0) is 23.7 Å². The van der Waals surface area contributed by atoms with Gasteiger partial charge in [0.1, 0.15) is 5.52 Å². The Morgan fingerprint density at radius 3 is 2.62 bits per heavy atom. The van der Waals surface area contributed by atoms with E-state index < -0.39 is 17.9 Å². The molecule has 0 aliphatic carbocycles. The molecule has 1 N–H and O–H groups in total. The summed E-state index contributed by atoms with van der Waals surface area (Å²) in [6.45, 7) is 0. The number of H-pyrrole nitrogens is 1. The maximum atomic E-state index is 13.1. The van der Waals surface area contributed by atoms with Crippen molar-refractivity contribution >= 4 is 22.6 Å². The summed E-state index contributed by atoms with van der Waals surface area (Å²) in [5.74, 6) is -2.15. The van der Waals surface area contributed by atoms with Gasteiger partial charge < -0.3 is 9.72 Å². The van der Waals surface area contributed by atoms with Crippen LogP contribution in [0.3, 0.4) is 0 Å². The van der Waals surface area contributed by atoms with Gasteiger partial charge in [0, 0.05) is 0 Å². The number of nitrogens with zero attached hydrogens (tertiary/aromatic N) is 1. The fourth-order valence-corrected chi connectivity index (χ4v) is 1.39. The molecule has 3 nitrogen and oxygen atoms in total. The third-order valence-electron chi connectivity index (χ3n) is 1.75. The first-order valence-electron chi connectivity index (χ1n) is 3.96. The van der Waals surface area contributed by atoms with Gasteiger partial charge in [-0.15, -0.1) is 13.2 Å². The molecule has 0 spiro atoms. The van der Waals surface area contributed by atoms with Crippen LogP contribution in [0.5, 0.6) is 5.75 Å². The van der Waals surface area contributed by atoms with Gasteiger partial charge in [-0.1, -0.05) is 0 Å². The van der Waals surface area contributed by atoms with E-state index in [-0.39, 0.29) is 16.3 Å². The fourth-order valence-electron chi connectivity index (χ4n) is 1.21. The van der Waals surface area contributed by atoms with E-state index in [1.54, 1.807) is 0 Å². The highest BCUT2D eigenvalue weighted by Gasteiger charge is 2.33. The number of hydrogen-bond donors (Lipinski definition) is 1. The lowest BCUT2D eigenvalue weighted by Gasteiger charge is -2.09. The number of hydrogen-bond acceptors (Lipinski definition) is 2. The number of fused-ring (bicyclic) bond motifs is 1. The Bertz CT molecular complexity index is 537. The predicted octanol–water partition coefficient (Wildman–Crippen LogP) is 3.25. The standard InChI is InChI=1S/C8H3ClF4N2O/c9-7-14-4-2-1-3(10)6(5(4)15-7)16-8(11,12)13/h1-2H,(H,14,15).